The van der Waals surface area contributed by atoms with E-state index in [1.165, 1.54) is 7.11 Å². The van der Waals surface area contributed by atoms with Crippen molar-refractivity contribution in [3.05, 3.63) is 23.8 Å². The molecule has 0 unspecified atom stereocenters. The Kier molecular flexibility index (Phi) is 6.49. The SMILES string of the molecule is COc1ccc(OC)c([C@@H](O)CNC(=O)NC[C@H]2CCOC2)c1. The molecule has 128 valence electrons. The summed E-state index contributed by atoms with van der Waals surface area (Å²) in [6.45, 7) is 2.09. The standard InChI is InChI=1S/C16H24N2O5/c1-21-12-3-4-15(22-2)13(7-12)14(19)9-18-16(20)17-8-11-5-6-23-10-11/h3-4,7,11,14,19H,5-6,8-10H2,1-2H3,(H2,17,18,20)/t11-,14+/m1/s1. The number of urea groups is 1. The molecule has 7 heteroatoms. The Morgan fingerprint density at radius 2 is 2.22 bits per heavy atom. The summed E-state index contributed by atoms with van der Waals surface area (Å²) >= 11 is 0. The van der Waals surface area contributed by atoms with Crippen LogP contribution in [-0.4, -0.2) is 51.7 Å². The molecule has 2 atom stereocenters. The van der Waals surface area contributed by atoms with Crippen molar-refractivity contribution in [2.75, 3.05) is 40.5 Å². The van der Waals surface area contributed by atoms with Crippen molar-refractivity contribution in [1.82, 2.24) is 10.6 Å². The number of benzene rings is 1. The smallest absolute Gasteiger partial charge is 0.314 e. The van der Waals surface area contributed by atoms with Gasteiger partial charge in [-0.1, -0.05) is 0 Å². The summed E-state index contributed by atoms with van der Waals surface area (Å²) in [7, 11) is 3.08. The lowest BCUT2D eigenvalue weighted by Gasteiger charge is -2.17. The minimum Gasteiger partial charge on any atom is -0.497 e. The lowest BCUT2D eigenvalue weighted by molar-refractivity contribution is 0.168. The van der Waals surface area contributed by atoms with Crippen LogP contribution in [0.4, 0.5) is 4.79 Å². The molecule has 3 N–H and O–H groups in total. The highest BCUT2D eigenvalue weighted by Gasteiger charge is 2.18. The van der Waals surface area contributed by atoms with Crippen molar-refractivity contribution in [2.24, 2.45) is 5.92 Å². The number of hydrogen-bond donors (Lipinski definition) is 3. The number of carbonyl (C=O) groups excluding carboxylic acids is 1. The van der Waals surface area contributed by atoms with Gasteiger partial charge in [-0.2, -0.15) is 0 Å². The Hall–Kier alpha value is -1.99. The lowest BCUT2D eigenvalue weighted by atomic mass is 10.1. The van der Waals surface area contributed by atoms with Gasteiger partial charge in [0.1, 0.15) is 17.6 Å². The predicted molar refractivity (Wildman–Crippen MR) is 84.8 cm³/mol. The molecule has 1 saturated heterocycles. The number of aliphatic hydroxyl groups excluding tert-OH is 1. The highest BCUT2D eigenvalue weighted by molar-refractivity contribution is 5.73. The molecule has 0 aliphatic carbocycles. The minimum absolute atomic E-state index is 0.0799. The summed E-state index contributed by atoms with van der Waals surface area (Å²) in [6.07, 6.45) is 0.0739. The van der Waals surface area contributed by atoms with E-state index in [1.807, 2.05) is 0 Å². The summed E-state index contributed by atoms with van der Waals surface area (Å²) in [4.78, 5) is 11.8. The molecular weight excluding hydrogens is 300 g/mol. The number of amides is 2. The van der Waals surface area contributed by atoms with Crippen LogP contribution in [0.25, 0.3) is 0 Å². The van der Waals surface area contributed by atoms with Crippen LogP contribution in [0.5, 0.6) is 11.5 Å². The van der Waals surface area contributed by atoms with Crippen molar-refractivity contribution in [2.45, 2.75) is 12.5 Å². The first kappa shape index (κ1) is 17.4. The summed E-state index contributed by atoms with van der Waals surface area (Å²) in [6, 6.07) is 4.85. The average molecular weight is 324 g/mol. The van der Waals surface area contributed by atoms with Crippen LogP contribution in [-0.2, 0) is 4.74 Å². The van der Waals surface area contributed by atoms with Gasteiger partial charge in [0.25, 0.3) is 0 Å². The van der Waals surface area contributed by atoms with Crippen molar-refractivity contribution >= 4 is 6.03 Å². The fourth-order valence-electron chi connectivity index (χ4n) is 2.44. The van der Waals surface area contributed by atoms with E-state index in [1.54, 1.807) is 25.3 Å². The second-order valence-corrected chi connectivity index (χ2v) is 5.44. The Balaban J connectivity index is 1.83. The van der Waals surface area contributed by atoms with E-state index in [0.717, 1.165) is 13.0 Å². The van der Waals surface area contributed by atoms with Gasteiger partial charge in [0.2, 0.25) is 0 Å². The molecule has 1 aliphatic heterocycles. The molecule has 0 saturated carbocycles. The van der Waals surface area contributed by atoms with E-state index in [2.05, 4.69) is 10.6 Å². The Labute approximate surface area is 135 Å². The first-order valence-electron chi connectivity index (χ1n) is 7.63. The van der Waals surface area contributed by atoms with Crippen molar-refractivity contribution in [3.8, 4) is 11.5 Å². The maximum absolute atomic E-state index is 11.8. The lowest BCUT2D eigenvalue weighted by Crippen LogP contribution is -2.40. The van der Waals surface area contributed by atoms with Gasteiger partial charge in [-0.25, -0.2) is 4.79 Å². The molecule has 7 nitrogen and oxygen atoms in total. The Bertz CT molecular complexity index is 517. The van der Waals surface area contributed by atoms with Gasteiger partial charge in [-0.3, -0.25) is 0 Å². The van der Waals surface area contributed by atoms with Crippen LogP contribution < -0.4 is 20.1 Å². The third kappa shape index (κ3) is 5.01. The topological polar surface area (TPSA) is 89.0 Å². The summed E-state index contributed by atoms with van der Waals surface area (Å²) < 4.78 is 15.6. The van der Waals surface area contributed by atoms with E-state index in [4.69, 9.17) is 14.2 Å². The van der Waals surface area contributed by atoms with Crippen LogP contribution in [0.2, 0.25) is 0 Å². The second-order valence-electron chi connectivity index (χ2n) is 5.44. The summed E-state index contributed by atoms with van der Waals surface area (Å²) in [5, 5.41) is 15.7. The second kappa shape index (κ2) is 8.59. The fourth-order valence-corrected chi connectivity index (χ4v) is 2.44. The van der Waals surface area contributed by atoms with Crippen LogP contribution >= 0.6 is 0 Å². The van der Waals surface area contributed by atoms with E-state index < -0.39 is 6.10 Å². The summed E-state index contributed by atoms with van der Waals surface area (Å²) in [5.41, 5.74) is 0.566. The van der Waals surface area contributed by atoms with Gasteiger partial charge in [0, 0.05) is 31.2 Å². The Morgan fingerprint density at radius 3 is 2.87 bits per heavy atom. The van der Waals surface area contributed by atoms with Gasteiger partial charge in [-0.05, 0) is 24.6 Å². The molecule has 0 bridgehead atoms. The van der Waals surface area contributed by atoms with Crippen LogP contribution in [0, 0.1) is 5.92 Å². The number of nitrogens with one attached hydrogen (secondary N) is 2. The van der Waals surface area contributed by atoms with Crippen molar-refractivity contribution in [1.29, 1.82) is 0 Å². The number of ether oxygens (including phenoxy) is 3. The van der Waals surface area contributed by atoms with Gasteiger partial charge < -0.3 is 30.0 Å². The predicted octanol–water partition coefficient (Wildman–Crippen LogP) is 1.07. The molecule has 1 aliphatic rings. The highest BCUT2D eigenvalue weighted by atomic mass is 16.5. The zero-order valence-electron chi connectivity index (χ0n) is 13.5. The molecule has 23 heavy (non-hydrogen) atoms. The molecule has 0 radical (unpaired) electrons. The molecule has 2 rings (SSSR count). The third-order valence-electron chi connectivity index (χ3n) is 3.83. The maximum atomic E-state index is 11.8. The molecule has 1 fully saturated rings. The molecule has 1 aromatic rings. The third-order valence-corrected chi connectivity index (χ3v) is 3.83. The fraction of sp³-hybridized carbons (Fsp3) is 0.562. The minimum atomic E-state index is -0.888. The Morgan fingerprint density at radius 1 is 1.39 bits per heavy atom. The van der Waals surface area contributed by atoms with Crippen LogP contribution in [0.15, 0.2) is 18.2 Å². The first-order valence-corrected chi connectivity index (χ1v) is 7.63. The quantitative estimate of drug-likeness (QED) is 0.698. The first-order chi connectivity index (χ1) is 11.1. The number of aliphatic hydroxyl groups is 1. The van der Waals surface area contributed by atoms with E-state index in [0.29, 0.717) is 36.1 Å². The zero-order chi connectivity index (χ0) is 16.7. The van der Waals surface area contributed by atoms with E-state index in [-0.39, 0.29) is 12.6 Å². The number of hydrogen-bond acceptors (Lipinski definition) is 5. The molecule has 2 amide bonds. The zero-order valence-corrected chi connectivity index (χ0v) is 13.5. The summed E-state index contributed by atoms with van der Waals surface area (Å²) in [5.74, 6) is 1.53. The number of carbonyl (C=O) groups is 1. The monoisotopic (exact) mass is 324 g/mol. The highest BCUT2D eigenvalue weighted by Crippen LogP contribution is 2.29. The normalized spacial score (nSPS) is 18.3. The van der Waals surface area contributed by atoms with Crippen molar-refractivity contribution < 1.29 is 24.1 Å². The van der Waals surface area contributed by atoms with Gasteiger partial charge in [-0.15, -0.1) is 0 Å². The molecular formula is C16H24N2O5. The molecule has 1 heterocycles. The van der Waals surface area contributed by atoms with Crippen LogP contribution in [0.1, 0.15) is 18.1 Å². The van der Waals surface area contributed by atoms with E-state index >= 15 is 0 Å². The molecule has 1 aromatic carbocycles. The molecule has 0 aromatic heterocycles. The van der Waals surface area contributed by atoms with Gasteiger partial charge >= 0.3 is 6.03 Å². The van der Waals surface area contributed by atoms with Gasteiger partial charge in [0.05, 0.1) is 20.8 Å². The van der Waals surface area contributed by atoms with Crippen molar-refractivity contribution in [3.63, 3.8) is 0 Å². The number of rotatable bonds is 7. The maximum Gasteiger partial charge on any atom is 0.314 e. The van der Waals surface area contributed by atoms with Crippen LogP contribution in [0.3, 0.4) is 0 Å². The van der Waals surface area contributed by atoms with Gasteiger partial charge in [0.15, 0.2) is 0 Å². The average Bonchev–Trinajstić information content (AvgIpc) is 3.10. The van der Waals surface area contributed by atoms with E-state index in [9.17, 15) is 9.90 Å². The largest absolute Gasteiger partial charge is 0.497 e. The molecule has 0 spiro atoms. The number of methoxy groups -OCH3 is 2.